The lowest BCUT2D eigenvalue weighted by atomic mass is 10.1. The number of aromatic amines is 1. The van der Waals surface area contributed by atoms with Crippen LogP contribution in [0.4, 0.5) is 0 Å². The van der Waals surface area contributed by atoms with Crippen LogP contribution in [0.25, 0.3) is 0 Å². The van der Waals surface area contributed by atoms with Crippen LogP contribution in [0.1, 0.15) is 51.1 Å². The third-order valence-corrected chi connectivity index (χ3v) is 11.3. The standard InChI is InChI=1S/C39H67N17O13S3/c1-18(29(60)50-21(5-3-8-46-38(41)42)32(63)56-27(16-71)37(68)69)49-34(65)24(11-19-13-45-17-48-19)54-36(67)26(14-57)55-31(62)22(6-4-9-47-39(43)44)51-33(64)23(7-10-72-2)52-35(66)25(12-28(58)59)53-30(61)20(40)15-70/h13,17-18,20-27,57,70-71H,3-12,14-16,40H2,1-2H3,(H,45,48)(H,49,65)(H,50,60)(H,51,64)(H,52,66)(H,53,61)(H,54,67)(H,55,62)(H,56,63)(H,58,59)(H,68,69)(H4,41,42,46)(H4,43,44,47)/t18-,20-,21-,22-,23-,24-,25-,26-,27-/m0/s1. The molecule has 0 saturated carbocycles. The van der Waals surface area contributed by atoms with Gasteiger partial charge in [0.05, 0.1) is 25.4 Å². The number of nitrogens with zero attached hydrogens (tertiary/aromatic N) is 3. The second-order valence-corrected chi connectivity index (χ2v) is 17.4. The Balaban J connectivity index is 3.39. The molecule has 1 aromatic heterocycles. The highest BCUT2D eigenvalue weighted by atomic mass is 32.2. The zero-order valence-corrected chi connectivity index (χ0v) is 42.1. The van der Waals surface area contributed by atoms with Gasteiger partial charge in [-0.1, -0.05) is 0 Å². The van der Waals surface area contributed by atoms with Crippen molar-refractivity contribution in [3.63, 3.8) is 0 Å². The Bertz CT molecular complexity index is 2050. The van der Waals surface area contributed by atoms with Crippen molar-refractivity contribution in [3.8, 4) is 0 Å². The number of amides is 8. The number of imidazole rings is 1. The van der Waals surface area contributed by atoms with E-state index in [0.717, 1.165) is 0 Å². The molecule has 1 aromatic rings. The molecule has 8 amide bonds. The second-order valence-electron chi connectivity index (χ2n) is 15.7. The molecule has 1 rings (SSSR count). The summed E-state index contributed by atoms with van der Waals surface area (Å²) in [7, 11) is 0. The Morgan fingerprint density at radius 1 is 0.639 bits per heavy atom. The Hall–Kier alpha value is -6.58. The van der Waals surface area contributed by atoms with E-state index in [4.69, 9.17) is 28.7 Å². The van der Waals surface area contributed by atoms with Gasteiger partial charge in [0.25, 0.3) is 0 Å². The average molecular weight is 1080 g/mol. The first-order chi connectivity index (χ1) is 34.0. The fourth-order valence-electron chi connectivity index (χ4n) is 6.04. The normalized spacial score (nSPS) is 14.6. The number of hydrogen-bond donors (Lipinski definition) is 19. The fourth-order valence-corrected chi connectivity index (χ4v) is 6.92. The molecule has 9 atom stereocenters. The molecule has 404 valence electrons. The predicted octanol–water partition coefficient (Wildman–Crippen LogP) is -7.55. The number of carbonyl (C=O) groups is 10. The van der Waals surface area contributed by atoms with Gasteiger partial charge < -0.3 is 91.5 Å². The Morgan fingerprint density at radius 2 is 1.08 bits per heavy atom. The van der Waals surface area contributed by atoms with Crippen molar-refractivity contribution >= 4 is 108 Å². The molecule has 0 saturated heterocycles. The van der Waals surface area contributed by atoms with Gasteiger partial charge in [0.2, 0.25) is 47.3 Å². The Kier molecular flexibility index (Phi) is 29.9. The number of aliphatic hydroxyl groups excluding tert-OH is 1. The van der Waals surface area contributed by atoms with E-state index in [1.165, 1.54) is 31.2 Å². The van der Waals surface area contributed by atoms with E-state index in [2.05, 4.69) is 87.7 Å². The number of nitrogens with two attached hydrogens (primary N) is 5. The van der Waals surface area contributed by atoms with E-state index in [-0.39, 0.29) is 80.8 Å². The molecule has 33 heteroatoms. The summed E-state index contributed by atoms with van der Waals surface area (Å²) in [5.41, 5.74) is 27.6. The SMILES string of the molecule is CSCC[C@H](NC(=O)[C@H](CC(=O)O)NC(=O)[C@@H](N)CS)C(=O)N[C@@H](CCCN=C(N)N)C(=O)N[C@@H](CO)C(=O)N[C@@H](Cc1cnc[nH]1)C(=O)N[C@@H](C)C(=O)N[C@@H](CCCN=C(N)N)C(=O)N[C@@H](CS)C(=O)O. The van der Waals surface area contributed by atoms with Crippen LogP contribution >= 0.6 is 37.0 Å². The summed E-state index contributed by atoms with van der Waals surface area (Å²) in [6.07, 6.45) is 3.08. The molecule has 0 aliphatic rings. The van der Waals surface area contributed by atoms with Crippen LogP contribution in [0.3, 0.4) is 0 Å². The Labute approximate surface area is 428 Å². The number of nitrogens with one attached hydrogen (secondary N) is 9. The van der Waals surface area contributed by atoms with Gasteiger partial charge in [0.15, 0.2) is 11.9 Å². The molecule has 72 heavy (non-hydrogen) atoms. The highest BCUT2D eigenvalue weighted by Gasteiger charge is 2.35. The molecule has 0 aliphatic carbocycles. The van der Waals surface area contributed by atoms with E-state index >= 15 is 0 Å². The van der Waals surface area contributed by atoms with Gasteiger partial charge in [0.1, 0.15) is 48.3 Å². The molecule has 0 spiro atoms. The maximum absolute atomic E-state index is 13.9. The lowest BCUT2D eigenvalue weighted by Gasteiger charge is -2.27. The number of H-pyrrole nitrogens is 1. The first kappa shape index (κ1) is 63.4. The minimum atomic E-state index is -1.78. The van der Waals surface area contributed by atoms with Crippen LogP contribution in [0.2, 0.25) is 0 Å². The van der Waals surface area contributed by atoms with Crippen LogP contribution in [0.15, 0.2) is 22.5 Å². The summed E-state index contributed by atoms with van der Waals surface area (Å²) in [5, 5.41) is 48.2. The highest BCUT2D eigenvalue weighted by molar-refractivity contribution is 7.98. The van der Waals surface area contributed by atoms with Crippen LogP contribution in [0, 0.1) is 0 Å². The molecule has 0 unspecified atom stereocenters. The van der Waals surface area contributed by atoms with Gasteiger partial charge >= 0.3 is 11.9 Å². The molecule has 30 nitrogen and oxygen atoms in total. The van der Waals surface area contributed by atoms with Crippen molar-refractivity contribution in [2.24, 2.45) is 38.7 Å². The highest BCUT2D eigenvalue weighted by Crippen LogP contribution is 2.08. The number of thiol groups is 2. The number of hydrogen-bond acceptors (Lipinski definition) is 18. The number of carboxylic acids is 2. The van der Waals surface area contributed by atoms with E-state index in [1.807, 2.05) is 0 Å². The van der Waals surface area contributed by atoms with E-state index in [1.54, 1.807) is 6.26 Å². The van der Waals surface area contributed by atoms with E-state index in [0.29, 0.717) is 5.69 Å². The lowest BCUT2D eigenvalue weighted by molar-refractivity contribution is -0.142. The molecule has 0 bridgehead atoms. The number of aliphatic imine (C=N–C) groups is 2. The third kappa shape index (κ3) is 24.5. The molecular formula is C39H67N17O13S3. The maximum atomic E-state index is 13.9. The van der Waals surface area contributed by atoms with Gasteiger partial charge in [-0.25, -0.2) is 9.78 Å². The molecule has 1 heterocycles. The fraction of sp³-hybridized carbons (Fsp3) is 0.615. The number of carbonyl (C=O) groups excluding carboxylic acids is 8. The summed E-state index contributed by atoms with van der Waals surface area (Å²) >= 11 is 9.15. The summed E-state index contributed by atoms with van der Waals surface area (Å²) in [4.78, 5) is 145. The first-order valence-electron chi connectivity index (χ1n) is 22.0. The molecular weight excluding hydrogens is 1010 g/mol. The van der Waals surface area contributed by atoms with Crippen LogP contribution < -0.4 is 71.2 Å². The maximum Gasteiger partial charge on any atom is 0.327 e. The number of thioether (sulfide) groups is 1. The topological polar surface area (TPSA) is 511 Å². The number of aromatic nitrogens is 2. The van der Waals surface area contributed by atoms with Gasteiger partial charge in [0, 0.05) is 42.9 Å². The molecule has 22 N–H and O–H groups in total. The lowest BCUT2D eigenvalue weighted by Crippen LogP contribution is -2.61. The van der Waals surface area contributed by atoms with Crippen molar-refractivity contribution < 1.29 is 63.3 Å². The van der Waals surface area contributed by atoms with Crippen LogP contribution in [-0.2, 0) is 54.4 Å². The van der Waals surface area contributed by atoms with Crippen molar-refractivity contribution in [1.82, 2.24) is 52.5 Å². The monoisotopic (exact) mass is 1080 g/mol. The van der Waals surface area contributed by atoms with Crippen LogP contribution in [-0.4, -0.2) is 194 Å². The quantitative estimate of drug-likeness (QED) is 0.0130. The summed E-state index contributed by atoms with van der Waals surface area (Å²) < 4.78 is 0. The summed E-state index contributed by atoms with van der Waals surface area (Å²) in [6, 6.07) is -13.2. The second kappa shape index (κ2) is 33.9. The number of carboxylic acid groups (broad SMARTS) is 2. The summed E-state index contributed by atoms with van der Waals surface area (Å²) in [6.45, 7) is 0.230. The zero-order valence-electron chi connectivity index (χ0n) is 39.5. The smallest absolute Gasteiger partial charge is 0.327 e. The Morgan fingerprint density at radius 3 is 1.53 bits per heavy atom. The molecule has 0 aliphatic heterocycles. The van der Waals surface area contributed by atoms with Gasteiger partial charge in [-0.2, -0.15) is 37.0 Å². The zero-order chi connectivity index (χ0) is 54.5. The van der Waals surface area contributed by atoms with Gasteiger partial charge in [-0.05, 0) is 51.0 Å². The molecule has 0 radical (unpaired) electrons. The van der Waals surface area contributed by atoms with Gasteiger partial charge in [-0.3, -0.25) is 53.1 Å². The number of guanidine groups is 2. The third-order valence-electron chi connectivity index (χ3n) is 9.92. The van der Waals surface area contributed by atoms with Crippen molar-refractivity contribution in [1.29, 1.82) is 0 Å². The minimum absolute atomic E-state index is 0.0289. The van der Waals surface area contributed by atoms with E-state index < -0.39 is 127 Å². The van der Waals surface area contributed by atoms with Crippen molar-refractivity contribution in [3.05, 3.63) is 18.2 Å². The molecule has 0 fully saturated rings. The first-order valence-corrected chi connectivity index (χ1v) is 24.7. The average Bonchev–Trinajstić information content (AvgIpc) is 3.84. The minimum Gasteiger partial charge on any atom is -0.481 e. The van der Waals surface area contributed by atoms with E-state index in [9.17, 15) is 63.3 Å². The van der Waals surface area contributed by atoms with Crippen molar-refractivity contribution in [2.75, 3.05) is 43.2 Å². The largest absolute Gasteiger partial charge is 0.481 e. The van der Waals surface area contributed by atoms with Crippen LogP contribution in [0.5, 0.6) is 0 Å². The van der Waals surface area contributed by atoms with Crippen molar-refractivity contribution in [2.45, 2.75) is 106 Å². The number of rotatable bonds is 35. The molecule has 0 aromatic carbocycles. The number of aliphatic hydroxyl groups is 1. The predicted molar refractivity (Wildman–Crippen MR) is 269 cm³/mol. The van der Waals surface area contributed by atoms with Gasteiger partial charge in [-0.15, -0.1) is 0 Å². The number of aliphatic carboxylic acids is 2. The summed E-state index contributed by atoms with van der Waals surface area (Å²) in [5.74, 6) is -11.3.